The van der Waals surface area contributed by atoms with Crippen molar-refractivity contribution in [3.63, 3.8) is 0 Å². The number of anilines is 1. The van der Waals surface area contributed by atoms with Gasteiger partial charge in [-0.2, -0.15) is 0 Å². The Labute approximate surface area is 144 Å². The van der Waals surface area contributed by atoms with Gasteiger partial charge in [-0.1, -0.05) is 17.7 Å². The summed E-state index contributed by atoms with van der Waals surface area (Å²) in [7, 11) is 0. The lowest BCUT2D eigenvalue weighted by atomic mass is 10.1. The van der Waals surface area contributed by atoms with Gasteiger partial charge in [0.15, 0.2) is 5.60 Å². The number of carbonyl (C=O) groups is 1. The van der Waals surface area contributed by atoms with Crippen LogP contribution in [0, 0.1) is 17.0 Å². The van der Waals surface area contributed by atoms with E-state index in [0.29, 0.717) is 10.8 Å². The predicted molar refractivity (Wildman–Crippen MR) is 92.6 cm³/mol. The first-order chi connectivity index (χ1) is 11.2. The molecule has 2 aromatic carbocycles. The number of ether oxygens (including phenoxy) is 1. The molecule has 0 fully saturated rings. The molecule has 7 heteroatoms. The topological polar surface area (TPSA) is 81.5 Å². The number of nitro groups is 1. The van der Waals surface area contributed by atoms with Crippen molar-refractivity contribution in [1.82, 2.24) is 0 Å². The van der Waals surface area contributed by atoms with Crippen LogP contribution in [0.5, 0.6) is 5.75 Å². The maximum Gasteiger partial charge on any atom is 0.293 e. The number of nitrogens with zero attached hydrogens (tertiary/aromatic N) is 1. The molecule has 2 aromatic rings. The average Bonchev–Trinajstić information content (AvgIpc) is 2.50. The highest BCUT2D eigenvalue weighted by molar-refractivity contribution is 6.30. The molecule has 6 nitrogen and oxygen atoms in total. The zero-order chi connectivity index (χ0) is 17.9. The summed E-state index contributed by atoms with van der Waals surface area (Å²) in [6.45, 7) is 4.90. The molecule has 0 aliphatic rings. The van der Waals surface area contributed by atoms with Crippen LogP contribution in [0.15, 0.2) is 42.5 Å². The maximum atomic E-state index is 12.5. The molecule has 0 aliphatic heterocycles. The third-order valence-electron chi connectivity index (χ3n) is 3.33. The summed E-state index contributed by atoms with van der Waals surface area (Å²) in [5.74, 6) is -0.0256. The standard InChI is InChI=1S/C17H17ClN2O4/c1-11-4-9-14(15(10-11)20(22)23)19-16(21)17(2,3)24-13-7-5-12(18)6-8-13/h4-10H,1-3H3,(H,19,21). The highest BCUT2D eigenvalue weighted by Crippen LogP contribution is 2.27. The van der Waals surface area contributed by atoms with Gasteiger partial charge in [-0.25, -0.2) is 0 Å². The summed E-state index contributed by atoms with van der Waals surface area (Å²) in [5, 5.41) is 14.3. The molecule has 0 unspecified atom stereocenters. The van der Waals surface area contributed by atoms with Gasteiger partial charge >= 0.3 is 0 Å². The van der Waals surface area contributed by atoms with E-state index in [1.165, 1.54) is 12.1 Å². The Morgan fingerprint density at radius 2 is 1.83 bits per heavy atom. The zero-order valence-electron chi connectivity index (χ0n) is 13.5. The highest BCUT2D eigenvalue weighted by atomic mass is 35.5. The first kappa shape index (κ1) is 17.7. The van der Waals surface area contributed by atoms with E-state index in [-0.39, 0.29) is 11.4 Å². The Kier molecular flexibility index (Phi) is 5.09. The van der Waals surface area contributed by atoms with Crippen molar-refractivity contribution < 1.29 is 14.5 Å². The first-order valence-electron chi connectivity index (χ1n) is 7.20. The van der Waals surface area contributed by atoms with E-state index in [9.17, 15) is 14.9 Å². The van der Waals surface area contributed by atoms with Gasteiger partial charge in [0.2, 0.25) is 0 Å². The van der Waals surface area contributed by atoms with E-state index in [1.807, 2.05) is 0 Å². The highest BCUT2D eigenvalue weighted by Gasteiger charge is 2.31. The quantitative estimate of drug-likeness (QED) is 0.643. The Morgan fingerprint density at radius 1 is 1.21 bits per heavy atom. The Bertz CT molecular complexity index is 773. The SMILES string of the molecule is Cc1ccc(NC(=O)C(C)(C)Oc2ccc(Cl)cc2)c([N+](=O)[O-])c1. The van der Waals surface area contributed by atoms with E-state index < -0.39 is 16.4 Å². The number of aryl methyl sites for hydroxylation is 1. The monoisotopic (exact) mass is 348 g/mol. The molecule has 0 heterocycles. The van der Waals surface area contributed by atoms with Gasteiger partial charge < -0.3 is 10.1 Å². The maximum absolute atomic E-state index is 12.5. The van der Waals surface area contributed by atoms with Gasteiger partial charge in [-0.15, -0.1) is 0 Å². The minimum absolute atomic E-state index is 0.128. The molecule has 0 spiro atoms. The third-order valence-corrected chi connectivity index (χ3v) is 3.58. The summed E-state index contributed by atoms with van der Waals surface area (Å²) in [6, 6.07) is 11.2. The van der Waals surface area contributed by atoms with E-state index in [2.05, 4.69) is 5.32 Å². The van der Waals surface area contributed by atoms with Crippen LogP contribution in [-0.2, 0) is 4.79 Å². The van der Waals surface area contributed by atoms with Crippen LogP contribution in [-0.4, -0.2) is 16.4 Å². The molecule has 0 saturated carbocycles. The minimum atomic E-state index is -1.23. The molecule has 0 saturated heterocycles. The second-order valence-corrected chi connectivity index (χ2v) is 6.23. The van der Waals surface area contributed by atoms with Crippen molar-refractivity contribution in [1.29, 1.82) is 0 Å². The Morgan fingerprint density at radius 3 is 2.42 bits per heavy atom. The second kappa shape index (κ2) is 6.88. The van der Waals surface area contributed by atoms with E-state index in [0.717, 1.165) is 5.56 Å². The largest absolute Gasteiger partial charge is 0.478 e. The molecule has 24 heavy (non-hydrogen) atoms. The molecular weight excluding hydrogens is 332 g/mol. The first-order valence-corrected chi connectivity index (χ1v) is 7.58. The number of hydrogen-bond acceptors (Lipinski definition) is 4. The summed E-state index contributed by atoms with van der Waals surface area (Å²) in [6.07, 6.45) is 0. The lowest BCUT2D eigenvalue weighted by Gasteiger charge is -2.25. The summed E-state index contributed by atoms with van der Waals surface area (Å²) >= 11 is 5.81. The fourth-order valence-corrected chi connectivity index (χ4v) is 2.14. The number of halogens is 1. The smallest absolute Gasteiger partial charge is 0.293 e. The predicted octanol–water partition coefficient (Wildman–Crippen LogP) is 4.35. The van der Waals surface area contributed by atoms with Crippen molar-refractivity contribution in [3.8, 4) is 5.75 Å². The van der Waals surface area contributed by atoms with Crippen LogP contribution in [0.3, 0.4) is 0 Å². The fourth-order valence-electron chi connectivity index (χ4n) is 2.01. The van der Waals surface area contributed by atoms with Crippen LogP contribution in [0.4, 0.5) is 11.4 Å². The Hall–Kier alpha value is -2.60. The van der Waals surface area contributed by atoms with Crippen LogP contribution in [0.25, 0.3) is 0 Å². The van der Waals surface area contributed by atoms with Gasteiger partial charge in [-0.3, -0.25) is 14.9 Å². The number of rotatable bonds is 5. The molecule has 1 amide bonds. The summed E-state index contributed by atoms with van der Waals surface area (Å²) < 4.78 is 5.67. The van der Waals surface area contributed by atoms with E-state index in [4.69, 9.17) is 16.3 Å². The number of benzene rings is 2. The number of amides is 1. The summed E-state index contributed by atoms with van der Waals surface area (Å²) in [5.41, 5.74) is -0.530. The van der Waals surface area contributed by atoms with Crippen molar-refractivity contribution in [3.05, 3.63) is 63.2 Å². The minimum Gasteiger partial charge on any atom is -0.478 e. The Balaban J connectivity index is 2.19. The van der Waals surface area contributed by atoms with E-state index >= 15 is 0 Å². The lowest BCUT2D eigenvalue weighted by Crippen LogP contribution is -2.42. The average molecular weight is 349 g/mol. The van der Waals surface area contributed by atoms with Crippen molar-refractivity contribution in [2.45, 2.75) is 26.4 Å². The number of carbonyl (C=O) groups excluding carboxylic acids is 1. The van der Waals surface area contributed by atoms with E-state index in [1.54, 1.807) is 51.1 Å². The fraction of sp³-hybridized carbons (Fsp3) is 0.235. The van der Waals surface area contributed by atoms with Gasteiger partial charge in [0, 0.05) is 11.1 Å². The number of nitrogens with one attached hydrogen (secondary N) is 1. The van der Waals surface area contributed by atoms with Gasteiger partial charge in [-0.05, 0) is 56.7 Å². The number of hydrogen-bond donors (Lipinski definition) is 1. The molecule has 0 atom stereocenters. The molecule has 0 radical (unpaired) electrons. The zero-order valence-corrected chi connectivity index (χ0v) is 14.3. The van der Waals surface area contributed by atoms with Crippen LogP contribution >= 0.6 is 11.6 Å². The third kappa shape index (κ3) is 4.23. The van der Waals surface area contributed by atoms with Crippen molar-refractivity contribution >= 4 is 28.9 Å². The lowest BCUT2D eigenvalue weighted by molar-refractivity contribution is -0.384. The molecule has 126 valence electrons. The molecule has 0 aromatic heterocycles. The second-order valence-electron chi connectivity index (χ2n) is 5.80. The van der Waals surface area contributed by atoms with Crippen LogP contribution < -0.4 is 10.1 Å². The van der Waals surface area contributed by atoms with Crippen LogP contribution in [0.2, 0.25) is 5.02 Å². The normalized spacial score (nSPS) is 11.0. The number of nitro benzene ring substituents is 1. The van der Waals surface area contributed by atoms with Gasteiger partial charge in [0.05, 0.1) is 4.92 Å². The van der Waals surface area contributed by atoms with Crippen molar-refractivity contribution in [2.75, 3.05) is 5.32 Å². The molecule has 0 bridgehead atoms. The van der Waals surface area contributed by atoms with Crippen LogP contribution in [0.1, 0.15) is 19.4 Å². The van der Waals surface area contributed by atoms with Gasteiger partial charge in [0.25, 0.3) is 11.6 Å². The van der Waals surface area contributed by atoms with Gasteiger partial charge in [0.1, 0.15) is 11.4 Å². The summed E-state index contributed by atoms with van der Waals surface area (Å²) in [4.78, 5) is 23.1. The molecule has 0 aliphatic carbocycles. The molecular formula is C17H17ClN2O4. The molecule has 1 N–H and O–H groups in total. The van der Waals surface area contributed by atoms with Crippen molar-refractivity contribution in [2.24, 2.45) is 0 Å². The molecule has 2 rings (SSSR count).